The number of carbonyl (C=O) groups excluding carboxylic acids is 1. The predicted molar refractivity (Wildman–Crippen MR) is 77.8 cm³/mol. The van der Waals surface area contributed by atoms with E-state index in [4.69, 9.17) is 0 Å². The van der Waals surface area contributed by atoms with Crippen molar-refractivity contribution in [1.82, 2.24) is 5.32 Å². The van der Waals surface area contributed by atoms with Gasteiger partial charge in [0, 0.05) is 11.5 Å². The van der Waals surface area contributed by atoms with Gasteiger partial charge in [-0.25, -0.2) is 0 Å². The fraction of sp³-hybridized carbons (Fsp3) is 0.929. The zero-order valence-electron chi connectivity index (χ0n) is 11.9. The van der Waals surface area contributed by atoms with Crippen LogP contribution in [0, 0.1) is 11.3 Å². The minimum Gasteiger partial charge on any atom is -0.396 e. The number of hydrogen-bond donors (Lipinski definition) is 2. The Morgan fingerprint density at radius 1 is 1.56 bits per heavy atom. The molecule has 0 saturated heterocycles. The Balaban J connectivity index is 2.23. The topological polar surface area (TPSA) is 49.3 Å². The molecule has 0 aromatic rings. The van der Waals surface area contributed by atoms with Crippen molar-refractivity contribution in [1.29, 1.82) is 0 Å². The zero-order chi connectivity index (χ0) is 13.6. The molecule has 0 spiro atoms. The van der Waals surface area contributed by atoms with Crippen LogP contribution < -0.4 is 5.32 Å². The van der Waals surface area contributed by atoms with Gasteiger partial charge in [-0.3, -0.25) is 4.79 Å². The molecule has 0 aromatic carbocycles. The molecule has 18 heavy (non-hydrogen) atoms. The Labute approximate surface area is 115 Å². The second-order valence-corrected chi connectivity index (χ2v) is 7.16. The van der Waals surface area contributed by atoms with Crippen LogP contribution >= 0.6 is 11.8 Å². The van der Waals surface area contributed by atoms with Crippen molar-refractivity contribution < 1.29 is 9.90 Å². The van der Waals surface area contributed by atoms with E-state index in [1.165, 1.54) is 0 Å². The number of rotatable bonds is 7. The highest BCUT2D eigenvalue weighted by atomic mass is 32.2. The normalized spacial score (nSPS) is 27.7. The molecule has 3 nitrogen and oxygen atoms in total. The molecule has 1 saturated carbocycles. The van der Waals surface area contributed by atoms with E-state index in [0.29, 0.717) is 11.7 Å². The van der Waals surface area contributed by atoms with E-state index in [1.807, 2.05) is 0 Å². The third-order valence-corrected chi connectivity index (χ3v) is 4.84. The Kier molecular flexibility index (Phi) is 6.50. The first-order valence-corrected chi connectivity index (χ1v) is 8.11. The highest BCUT2D eigenvalue weighted by molar-refractivity contribution is 7.99. The van der Waals surface area contributed by atoms with Crippen molar-refractivity contribution in [2.24, 2.45) is 11.3 Å². The number of amides is 1. The van der Waals surface area contributed by atoms with Gasteiger partial charge in [0.05, 0.1) is 12.4 Å². The van der Waals surface area contributed by atoms with Crippen LogP contribution in [0.5, 0.6) is 0 Å². The Morgan fingerprint density at radius 2 is 2.28 bits per heavy atom. The number of aliphatic hydroxyl groups is 1. The van der Waals surface area contributed by atoms with Gasteiger partial charge >= 0.3 is 0 Å². The minimum atomic E-state index is -0.113. The standard InChI is InChI=1S/C14H27NO2S/c1-11(2)6-8-18-9-13(17)15-12-5-4-7-14(12,3)10-16/h11-12,16H,4-10H2,1-3H3,(H,15,17). The maximum absolute atomic E-state index is 11.8. The number of thioether (sulfide) groups is 1. The Morgan fingerprint density at radius 3 is 2.89 bits per heavy atom. The predicted octanol–water partition coefficient (Wildman–Crippen LogP) is 2.43. The maximum Gasteiger partial charge on any atom is 0.230 e. The van der Waals surface area contributed by atoms with Gasteiger partial charge in [0.25, 0.3) is 0 Å². The summed E-state index contributed by atoms with van der Waals surface area (Å²) in [5, 5.41) is 12.5. The Hall–Kier alpha value is -0.220. The van der Waals surface area contributed by atoms with Gasteiger partial charge in [-0.2, -0.15) is 11.8 Å². The van der Waals surface area contributed by atoms with Crippen LogP contribution in [0.25, 0.3) is 0 Å². The number of aliphatic hydroxyl groups excluding tert-OH is 1. The first kappa shape index (κ1) is 15.8. The fourth-order valence-electron chi connectivity index (χ4n) is 2.39. The molecule has 1 aliphatic rings. The Bertz CT molecular complexity index is 271. The molecule has 2 unspecified atom stereocenters. The van der Waals surface area contributed by atoms with Gasteiger partial charge < -0.3 is 10.4 Å². The van der Waals surface area contributed by atoms with Crippen molar-refractivity contribution in [3.8, 4) is 0 Å². The van der Waals surface area contributed by atoms with Crippen LogP contribution in [0.15, 0.2) is 0 Å². The summed E-state index contributed by atoms with van der Waals surface area (Å²) in [6, 6.07) is 0.153. The van der Waals surface area contributed by atoms with Crippen LogP contribution in [0.2, 0.25) is 0 Å². The molecule has 106 valence electrons. The second kappa shape index (κ2) is 7.39. The molecule has 0 heterocycles. The van der Waals surface area contributed by atoms with E-state index in [2.05, 4.69) is 26.1 Å². The number of nitrogens with one attached hydrogen (secondary N) is 1. The van der Waals surface area contributed by atoms with Gasteiger partial charge in [0.2, 0.25) is 5.91 Å². The smallest absolute Gasteiger partial charge is 0.230 e. The lowest BCUT2D eigenvalue weighted by Crippen LogP contribution is -2.45. The van der Waals surface area contributed by atoms with Crippen LogP contribution in [0.4, 0.5) is 0 Å². The molecule has 4 heteroatoms. The molecule has 0 bridgehead atoms. The average Bonchev–Trinajstić information content (AvgIpc) is 2.67. The van der Waals surface area contributed by atoms with Crippen molar-refractivity contribution >= 4 is 17.7 Å². The third-order valence-electron chi connectivity index (χ3n) is 3.85. The summed E-state index contributed by atoms with van der Waals surface area (Å²) in [5.74, 6) is 2.42. The van der Waals surface area contributed by atoms with E-state index < -0.39 is 0 Å². The summed E-state index contributed by atoms with van der Waals surface area (Å²) in [6.45, 7) is 6.63. The summed E-state index contributed by atoms with van der Waals surface area (Å²) in [4.78, 5) is 11.8. The lowest BCUT2D eigenvalue weighted by atomic mass is 9.86. The van der Waals surface area contributed by atoms with Crippen molar-refractivity contribution in [3.63, 3.8) is 0 Å². The molecule has 1 fully saturated rings. The minimum absolute atomic E-state index is 0.113. The van der Waals surface area contributed by atoms with E-state index in [9.17, 15) is 9.90 Å². The highest BCUT2D eigenvalue weighted by Crippen LogP contribution is 2.37. The van der Waals surface area contributed by atoms with Crippen molar-refractivity contribution in [3.05, 3.63) is 0 Å². The summed E-state index contributed by atoms with van der Waals surface area (Å²) in [6.07, 6.45) is 4.27. The van der Waals surface area contributed by atoms with Gasteiger partial charge in [0.15, 0.2) is 0 Å². The van der Waals surface area contributed by atoms with Gasteiger partial charge in [0.1, 0.15) is 0 Å². The molecule has 1 aliphatic carbocycles. The van der Waals surface area contributed by atoms with E-state index in [1.54, 1.807) is 11.8 Å². The second-order valence-electron chi connectivity index (χ2n) is 6.06. The van der Waals surface area contributed by atoms with Crippen molar-refractivity contribution in [2.45, 2.75) is 52.5 Å². The highest BCUT2D eigenvalue weighted by Gasteiger charge is 2.38. The molecule has 0 radical (unpaired) electrons. The lowest BCUT2D eigenvalue weighted by Gasteiger charge is -2.30. The van der Waals surface area contributed by atoms with Gasteiger partial charge in [-0.1, -0.05) is 27.2 Å². The molecule has 0 aliphatic heterocycles. The molecule has 0 aromatic heterocycles. The van der Waals surface area contributed by atoms with Crippen LogP contribution in [0.3, 0.4) is 0 Å². The maximum atomic E-state index is 11.8. The fourth-order valence-corrected chi connectivity index (χ4v) is 3.44. The molecule has 1 rings (SSSR count). The third kappa shape index (κ3) is 4.81. The van der Waals surface area contributed by atoms with E-state index in [0.717, 1.165) is 31.4 Å². The molecular weight excluding hydrogens is 246 g/mol. The summed E-state index contributed by atoms with van der Waals surface area (Å²) >= 11 is 1.71. The first-order valence-electron chi connectivity index (χ1n) is 6.96. The largest absolute Gasteiger partial charge is 0.396 e. The van der Waals surface area contributed by atoms with Gasteiger partial charge in [-0.05, 0) is 30.9 Å². The molecule has 1 amide bonds. The average molecular weight is 273 g/mol. The van der Waals surface area contributed by atoms with E-state index in [-0.39, 0.29) is 24.0 Å². The molecular formula is C14H27NO2S. The summed E-state index contributed by atoms with van der Waals surface area (Å²) < 4.78 is 0. The zero-order valence-corrected chi connectivity index (χ0v) is 12.7. The quantitative estimate of drug-likeness (QED) is 0.700. The summed E-state index contributed by atoms with van der Waals surface area (Å²) in [5.41, 5.74) is -0.113. The molecule has 2 atom stereocenters. The SMILES string of the molecule is CC(C)CCSCC(=O)NC1CCCC1(C)CO. The molecule has 2 N–H and O–H groups in total. The lowest BCUT2D eigenvalue weighted by molar-refractivity contribution is -0.120. The monoisotopic (exact) mass is 273 g/mol. The van der Waals surface area contributed by atoms with E-state index >= 15 is 0 Å². The number of hydrogen-bond acceptors (Lipinski definition) is 3. The van der Waals surface area contributed by atoms with Crippen LogP contribution in [0.1, 0.15) is 46.5 Å². The first-order chi connectivity index (χ1) is 8.48. The number of carbonyl (C=O) groups is 1. The van der Waals surface area contributed by atoms with Crippen LogP contribution in [-0.4, -0.2) is 35.2 Å². The van der Waals surface area contributed by atoms with Crippen molar-refractivity contribution in [2.75, 3.05) is 18.1 Å². The summed E-state index contributed by atoms with van der Waals surface area (Å²) in [7, 11) is 0. The van der Waals surface area contributed by atoms with Crippen LogP contribution in [-0.2, 0) is 4.79 Å². The van der Waals surface area contributed by atoms with Gasteiger partial charge in [-0.15, -0.1) is 0 Å².